The van der Waals surface area contributed by atoms with Gasteiger partial charge >= 0.3 is 0 Å². The highest BCUT2D eigenvalue weighted by molar-refractivity contribution is 9.13. The van der Waals surface area contributed by atoms with E-state index in [0.29, 0.717) is 0 Å². The molecule has 1 aromatic rings. The molecule has 66 valence electrons. The summed E-state index contributed by atoms with van der Waals surface area (Å²) in [5.74, 6) is 0.738. The average Bonchev–Trinajstić information content (AvgIpc) is 2.80. The topological polar surface area (TPSA) is 26.0 Å². The quantitative estimate of drug-likeness (QED) is 0.886. The fraction of sp³-hybridized carbons (Fsp3) is 0.500. The third-order valence-electron chi connectivity index (χ3n) is 2.12. The standard InChI is InChI=1S/C8H9Br2NS/c9-5-3-6(12-8(5)10)7(11)4-1-2-4/h3-4,7H,1-2,11H2/t7-/m0/s1. The zero-order valence-corrected chi connectivity index (χ0v) is 10.4. The van der Waals surface area contributed by atoms with Crippen molar-refractivity contribution < 1.29 is 0 Å². The van der Waals surface area contributed by atoms with Gasteiger partial charge in [-0.1, -0.05) is 0 Å². The van der Waals surface area contributed by atoms with Gasteiger partial charge in [0, 0.05) is 15.4 Å². The molecule has 1 fully saturated rings. The molecule has 0 aromatic carbocycles. The molecule has 1 atom stereocenters. The van der Waals surface area contributed by atoms with Gasteiger partial charge in [-0.3, -0.25) is 0 Å². The summed E-state index contributed by atoms with van der Waals surface area (Å²) in [6.07, 6.45) is 2.60. The molecule has 4 heteroatoms. The van der Waals surface area contributed by atoms with Gasteiger partial charge in [0.25, 0.3) is 0 Å². The van der Waals surface area contributed by atoms with Gasteiger partial charge < -0.3 is 5.73 Å². The zero-order chi connectivity index (χ0) is 8.72. The Hall–Kier alpha value is 0.620. The minimum absolute atomic E-state index is 0.262. The molecular weight excluding hydrogens is 302 g/mol. The third kappa shape index (κ3) is 1.76. The number of nitrogens with two attached hydrogens (primary N) is 1. The van der Waals surface area contributed by atoms with Crippen LogP contribution in [0, 0.1) is 5.92 Å². The molecule has 0 radical (unpaired) electrons. The van der Waals surface area contributed by atoms with E-state index in [2.05, 4.69) is 37.9 Å². The molecular formula is C8H9Br2NS. The van der Waals surface area contributed by atoms with Crippen molar-refractivity contribution in [1.82, 2.24) is 0 Å². The fourth-order valence-corrected chi connectivity index (χ4v) is 3.40. The minimum atomic E-state index is 0.262. The van der Waals surface area contributed by atoms with Crippen LogP contribution in [0.4, 0.5) is 0 Å². The summed E-state index contributed by atoms with van der Waals surface area (Å²) in [5.41, 5.74) is 6.05. The third-order valence-corrected chi connectivity index (χ3v) is 5.48. The Kier molecular flexibility index (Phi) is 2.61. The van der Waals surface area contributed by atoms with E-state index in [0.717, 1.165) is 14.2 Å². The molecule has 1 aromatic heterocycles. The molecule has 1 heterocycles. The summed E-state index contributed by atoms with van der Waals surface area (Å²) in [7, 11) is 0. The average molecular weight is 311 g/mol. The number of rotatable bonds is 2. The lowest BCUT2D eigenvalue weighted by Crippen LogP contribution is -2.10. The van der Waals surface area contributed by atoms with Crippen molar-refractivity contribution >= 4 is 43.2 Å². The number of hydrogen-bond acceptors (Lipinski definition) is 2. The van der Waals surface area contributed by atoms with Crippen LogP contribution < -0.4 is 5.73 Å². The van der Waals surface area contributed by atoms with Gasteiger partial charge in [-0.05, 0) is 56.7 Å². The lowest BCUT2D eigenvalue weighted by atomic mass is 10.2. The van der Waals surface area contributed by atoms with Gasteiger partial charge in [-0.15, -0.1) is 11.3 Å². The Balaban J connectivity index is 2.21. The van der Waals surface area contributed by atoms with Crippen molar-refractivity contribution in [3.8, 4) is 0 Å². The van der Waals surface area contributed by atoms with Crippen LogP contribution >= 0.6 is 43.2 Å². The summed E-state index contributed by atoms with van der Waals surface area (Å²) in [6, 6.07) is 2.38. The lowest BCUT2D eigenvalue weighted by molar-refractivity contribution is 0.644. The first-order valence-corrected chi connectivity index (χ1v) is 6.29. The van der Waals surface area contributed by atoms with Crippen LogP contribution in [0.2, 0.25) is 0 Å². The van der Waals surface area contributed by atoms with Gasteiger partial charge in [-0.2, -0.15) is 0 Å². The zero-order valence-electron chi connectivity index (χ0n) is 6.39. The summed E-state index contributed by atoms with van der Waals surface area (Å²) >= 11 is 8.67. The molecule has 1 nitrogen and oxygen atoms in total. The monoisotopic (exact) mass is 309 g/mol. The van der Waals surface area contributed by atoms with Crippen LogP contribution in [0.15, 0.2) is 14.3 Å². The van der Waals surface area contributed by atoms with Crippen molar-refractivity contribution in [3.63, 3.8) is 0 Å². The molecule has 2 rings (SSSR count). The fourth-order valence-electron chi connectivity index (χ4n) is 1.22. The largest absolute Gasteiger partial charge is 0.323 e. The van der Waals surface area contributed by atoms with Gasteiger partial charge in [0.05, 0.1) is 3.79 Å². The van der Waals surface area contributed by atoms with Crippen molar-refractivity contribution in [2.24, 2.45) is 11.7 Å². The van der Waals surface area contributed by atoms with Crippen molar-refractivity contribution in [1.29, 1.82) is 0 Å². The first-order valence-electron chi connectivity index (χ1n) is 3.89. The first-order chi connectivity index (χ1) is 5.68. The second-order valence-electron chi connectivity index (χ2n) is 3.13. The van der Waals surface area contributed by atoms with Crippen LogP contribution in [0.5, 0.6) is 0 Å². The van der Waals surface area contributed by atoms with E-state index in [-0.39, 0.29) is 6.04 Å². The maximum atomic E-state index is 6.05. The van der Waals surface area contributed by atoms with Crippen LogP contribution in [0.25, 0.3) is 0 Å². The lowest BCUT2D eigenvalue weighted by Gasteiger charge is -2.05. The molecule has 0 saturated heterocycles. The maximum Gasteiger partial charge on any atom is 0.0843 e. The molecule has 12 heavy (non-hydrogen) atoms. The van der Waals surface area contributed by atoms with Gasteiger partial charge in [0.15, 0.2) is 0 Å². The number of hydrogen-bond donors (Lipinski definition) is 1. The first kappa shape index (κ1) is 9.19. The van der Waals surface area contributed by atoms with E-state index in [4.69, 9.17) is 5.73 Å². The highest BCUT2D eigenvalue weighted by Gasteiger charge is 2.30. The van der Waals surface area contributed by atoms with E-state index in [9.17, 15) is 0 Å². The second kappa shape index (κ2) is 3.40. The van der Waals surface area contributed by atoms with Gasteiger partial charge in [0.2, 0.25) is 0 Å². The van der Waals surface area contributed by atoms with E-state index in [1.54, 1.807) is 11.3 Å². The van der Waals surface area contributed by atoms with E-state index in [1.165, 1.54) is 17.7 Å². The van der Waals surface area contributed by atoms with E-state index in [1.807, 2.05) is 0 Å². The van der Waals surface area contributed by atoms with E-state index >= 15 is 0 Å². The van der Waals surface area contributed by atoms with Crippen molar-refractivity contribution in [2.45, 2.75) is 18.9 Å². The Bertz CT molecular complexity index is 274. The normalized spacial score (nSPS) is 19.6. The number of thiophene rings is 1. The molecule has 0 spiro atoms. The summed E-state index contributed by atoms with van der Waals surface area (Å²) < 4.78 is 2.27. The Morgan fingerprint density at radius 3 is 2.58 bits per heavy atom. The van der Waals surface area contributed by atoms with Crippen molar-refractivity contribution in [2.75, 3.05) is 0 Å². The second-order valence-corrected chi connectivity index (χ2v) is 6.39. The summed E-state index contributed by atoms with van der Waals surface area (Å²) in [6.45, 7) is 0. The SMILES string of the molecule is N[C@H](c1cc(Br)c(Br)s1)C1CC1. The Labute approximate surface area is 92.6 Å². The molecule has 1 aliphatic carbocycles. The Morgan fingerprint density at radius 2 is 2.17 bits per heavy atom. The van der Waals surface area contributed by atoms with Crippen LogP contribution in [0.1, 0.15) is 23.8 Å². The molecule has 0 bridgehead atoms. The molecule has 0 unspecified atom stereocenters. The number of halogens is 2. The highest BCUT2D eigenvalue weighted by Crippen LogP contribution is 2.44. The molecule has 2 N–H and O–H groups in total. The Morgan fingerprint density at radius 1 is 1.50 bits per heavy atom. The molecule has 0 amide bonds. The molecule has 1 aliphatic rings. The molecule has 0 aliphatic heterocycles. The van der Waals surface area contributed by atoms with Gasteiger partial charge in [-0.25, -0.2) is 0 Å². The van der Waals surface area contributed by atoms with Gasteiger partial charge in [0.1, 0.15) is 0 Å². The minimum Gasteiger partial charge on any atom is -0.323 e. The predicted molar refractivity (Wildman–Crippen MR) is 59.4 cm³/mol. The molecule has 1 saturated carbocycles. The summed E-state index contributed by atoms with van der Waals surface area (Å²) in [4.78, 5) is 1.29. The predicted octanol–water partition coefficient (Wildman–Crippen LogP) is 3.68. The van der Waals surface area contributed by atoms with E-state index < -0.39 is 0 Å². The van der Waals surface area contributed by atoms with Crippen LogP contribution in [-0.4, -0.2) is 0 Å². The van der Waals surface area contributed by atoms with Crippen LogP contribution in [0.3, 0.4) is 0 Å². The van der Waals surface area contributed by atoms with Crippen molar-refractivity contribution in [3.05, 3.63) is 19.2 Å². The maximum absolute atomic E-state index is 6.05. The van der Waals surface area contributed by atoms with Crippen LogP contribution in [-0.2, 0) is 0 Å². The highest BCUT2D eigenvalue weighted by atomic mass is 79.9. The summed E-state index contributed by atoms with van der Waals surface area (Å²) in [5, 5.41) is 0. The smallest absolute Gasteiger partial charge is 0.0843 e.